The molecule has 3 N–H and O–H groups in total. The van der Waals surface area contributed by atoms with Crippen molar-refractivity contribution >= 4 is 23.6 Å². The van der Waals surface area contributed by atoms with Gasteiger partial charge in [0.15, 0.2) is 0 Å². The van der Waals surface area contributed by atoms with Crippen molar-refractivity contribution in [3.05, 3.63) is 30.3 Å². The van der Waals surface area contributed by atoms with Crippen LogP contribution in [0.4, 0.5) is 23.7 Å². The Labute approximate surface area is 153 Å². The number of carbonyl (C=O) groups excluding carboxylic acids is 2. The van der Waals surface area contributed by atoms with Gasteiger partial charge in [0, 0.05) is 18.8 Å². The largest absolute Gasteiger partial charge is 0.481 e. The van der Waals surface area contributed by atoms with E-state index in [4.69, 9.17) is 5.11 Å². The summed E-state index contributed by atoms with van der Waals surface area (Å²) in [5.41, 5.74) is -1.05. The van der Waals surface area contributed by atoms with E-state index in [9.17, 15) is 27.6 Å². The lowest BCUT2D eigenvalue weighted by Gasteiger charge is -2.30. The molecule has 1 saturated heterocycles. The zero-order valence-corrected chi connectivity index (χ0v) is 14.7. The Morgan fingerprint density at radius 2 is 1.70 bits per heavy atom. The molecule has 1 heterocycles. The monoisotopic (exact) mass is 387 g/mol. The van der Waals surface area contributed by atoms with Crippen molar-refractivity contribution in [1.82, 2.24) is 10.2 Å². The van der Waals surface area contributed by atoms with Crippen molar-refractivity contribution in [2.75, 3.05) is 18.4 Å². The van der Waals surface area contributed by atoms with Gasteiger partial charge in [-0.3, -0.25) is 9.59 Å². The fraction of sp³-hybridized carbons (Fsp3) is 0.471. The predicted molar refractivity (Wildman–Crippen MR) is 89.9 cm³/mol. The van der Waals surface area contributed by atoms with Gasteiger partial charge in [0.1, 0.15) is 5.54 Å². The molecule has 1 aliphatic heterocycles. The van der Waals surface area contributed by atoms with E-state index in [1.807, 2.05) is 0 Å². The number of nitrogens with one attached hydrogen (secondary N) is 2. The summed E-state index contributed by atoms with van der Waals surface area (Å²) < 4.78 is 39.2. The highest BCUT2D eigenvalue weighted by molar-refractivity contribution is 5.95. The molecule has 10 heteroatoms. The number of amides is 3. The second-order valence-corrected chi connectivity index (χ2v) is 6.87. The van der Waals surface area contributed by atoms with E-state index in [-0.39, 0.29) is 0 Å². The SMILES string of the molecule is CC(C)(NC(=O)Nc1ccccc1)C(=O)N1C[C@@H](C(F)(F)F)[C@H](C(=O)O)C1. The Bertz CT molecular complexity index is 722. The quantitative estimate of drug-likeness (QED) is 0.738. The number of halogens is 3. The summed E-state index contributed by atoms with van der Waals surface area (Å²) in [5, 5.41) is 14.0. The minimum Gasteiger partial charge on any atom is -0.481 e. The average molecular weight is 387 g/mol. The topological polar surface area (TPSA) is 98.7 Å². The first-order chi connectivity index (χ1) is 12.4. The Morgan fingerprint density at radius 3 is 2.19 bits per heavy atom. The van der Waals surface area contributed by atoms with Crippen molar-refractivity contribution in [2.45, 2.75) is 25.6 Å². The third-order valence-electron chi connectivity index (χ3n) is 4.34. The zero-order valence-electron chi connectivity index (χ0n) is 14.7. The van der Waals surface area contributed by atoms with Crippen LogP contribution >= 0.6 is 0 Å². The van der Waals surface area contributed by atoms with Crippen LogP contribution in [0.2, 0.25) is 0 Å². The molecule has 0 aliphatic carbocycles. The van der Waals surface area contributed by atoms with Gasteiger partial charge in [-0.05, 0) is 26.0 Å². The number of anilines is 1. The fourth-order valence-electron chi connectivity index (χ4n) is 2.97. The minimum absolute atomic E-state index is 0.475. The molecular formula is C17H20F3N3O4. The first kappa shape index (κ1) is 20.5. The van der Waals surface area contributed by atoms with Crippen LogP contribution in [0.25, 0.3) is 0 Å². The standard InChI is InChI=1S/C17H20F3N3O4/c1-16(2,22-15(27)21-10-6-4-3-5-7-10)14(26)23-8-11(13(24)25)12(9-23)17(18,19)20/h3-7,11-12H,8-9H2,1-2H3,(H,24,25)(H2,21,22,27)/t11-,12-/m1/s1. The van der Waals surface area contributed by atoms with E-state index < -0.39 is 54.5 Å². The molecule has 1 fully saturated rings. The van der Waals surface area contributed by atoms with Crippen LogP contribution < -0.4 is 10.6 Å². The normalized spacial score (nSPS) is 20.3. The van der Waals surface area contributed by atoms with E-state index in [1.165, 1.54) is 13.8 Å². The number of carbonyl (C=O) groups is 3. The molecule has 2 rings (SSSR count). The number of nitrogens with zero attached hydrogens (tertiary/aromatic N) is 1. The Hall–Kier alpha value is -2.78. The molecule has 3 amide bonds. The van der Waals surface area contributed by atoms with Crippen molar-refractivity contribution in [2.24, 2.45) is 11.8 Å². The van der Waals surface area contributed by atoms with Gasteiger partial charge in [-0.15, -0.1) is 0 Å². The molecule has 0 aromatic heterocycles. The lowest BCUT2D eigenvalue weighted by Crippen LogP contribution is -2.56. The van der Waals surface area contributed by atoms with Crippen molar-refractivity contribution in [1.29, 1.82) is 0 Å². The lowest BCUT2D eigenvalue weighted by atomic mass is 9.96. The summed E-state index contributed by atoms with van der Waals surface area (Å²) in [5.74, 6) is -6.28. The van der Waals surface area contributed by atoms with Gasteiger partial charge in [0.05, 0.1) is 11.8 Å². The number of carboxylic acid groups (broad SMARTS) is 1. The van der Waals surface area contributed by atoms with E-state index >= 15 is 0 Å². The maximum absolute atomic E-state index is 13.1. The molecule has 7 nitrogen and oxygen atoms in total. The molecule has 1 aromatic rings. The molecular weight excluding hydrogens is 367 g/mol. The molecule has 148 valence electrons. The molecule has 0 unspecified atom stereocenters. The Balaban J connectivity index is 2.06. The summed E-state index contributed by atoms with van der Waals surface area (Å²) in [6.45, 7) is 1.36. The molecule has 0 radical (unpaired) electrons. The number of para-hydroxylation sites is 1. The first-order valence-corrected chi connectivity index (χ1v) is 8.15. The van der Waals surface area contributed by atoms with Crippen LogP contribution in [-0.4, -0.2) is 52.7 Å². The number of carboxylic acids is 1. The number of alkyl halides is 3. The van der Waals surface area contributed by atoms with Gasteiger partial charge in [0.25, 0.3) is 0 Å². The maximum atomic E-state index is 13.1. The summed E-state index contributed by atoms with van der Waals surface area (Å²) in [6.07, 6.45) is -4.74. The number of aliphatic carboxylic acids is 1. The predicted octanol–water partition coefficient (Wildman–Crippen LogP) is 2.31. The van der Waals surface area contributed by atoms with Crippen LogP contribution in [0, 0.1) is 11.8 Å². The fourth-order valence-corrected chi connectivity index (χ4v) is 2.97. The number of rotatable bonds is 4. The highest BCUT2D eigenvalue weighted by Gasteiger charge is 2.54. The van der Waals surface area contributed by atoms with Crippen LogP contribution in [-0.2, 0) is 9.59 Å². The summed E-state index contributed by atoms with van der Waals surface area (Å²) in [4.78, 5) is 36.7. The molecule has 1 aliphatic rings. The van der Waals surface area contributed by atoms with E-state index in [2.05, 4.69) is 10.6 Å². The molecule has 2 atom stereocenters. The van der Waals surface area contributed by atoms with Crippen LogP contribution in [0.3, 0.4) is 0 Å². The van der Waals surface area contributed by atoms with Crippen LogP contribution in [0.1, 0.15) is 13.8 Å². The molecule has 0 saturated carbocycles. The summed E-state index contributed by atoms with van der Waals surface area (Å²) in [6, 6.07) is 7.68. The molecule has 0 spiro atoms. The Morgan fingerprint density at radius 1 is 1.11 bits per heavy atom. The molecule has 1 aromatic carbocycles. The van der Waals surface area contributed by atoms with Gasteiger partial charge in [-0.2, -0.15) is 13.2 Å². The average Bonchev–Trinajstić information content (AvgIpc) is 3.00. The number of urea groups is 1. The number of benzene rings is 1. The second kappa shape index (κ2) is 7.45. The number of hydrogen-bond donors (Lipinski definition) is 3. The third-order valence-corrected chi connectivity index (χ3v) is 4.34. The summed E-state index contributed by atoms with van der Waals surface area (Å²) in [7, 11) is 0. The van der Waals surface area contributed by atoms with Crippen molar-refractivity contribution < 1.29 is 32.7 Å². The van der Waals surface area contributed by atoms with E-state index in [1.54, 1.807) is 30.3 Å². The van der Waals surface area contributed by atoms with Gasteiger partial charge in [-0.25, -0.2) is 4.79 Å². The third kappa shape index (κ3) is 4.89. The zero-order chi connectivity index (χ0) is 20.4. The van der Waals surface area contributed by atoms with Crippen LogP contribution in [0.15, 0.2) is 30.3 Å². The number of likely N-dealkylation sites (tertiary alicyclic amines) is 1. The van der Waals surface area contributed by atoms with Gasteiger partial charge in [-0.1, -0.05) is 18.2 Å². The second-order valence-electron chi connectivity index (χ2n) is 6.87. The minimum atomic E-state index is -4.74. The summed E-state index contributed by atoms with van der Waals surface area (Å²) >= 11 is 0. The van der Waals surface area contributed by atoms with E-state index in [0.717, 1.165) is 4.90 Å². The maximum Gasteiger partial charge on any atom is 0.394 e. The number of hydrogen-bond acceptors (Lipinski definition) is 3. The van der Waals surface area contributed by atoms with E-state index in [0.29, 0.717) is 5.69 Å². The molecule has 0 bridgehead atoms. The smallest absolute Gasteiger partial charge is 0.394 e. The van der Waals surface area contributed by atoms with Crippen molar-refractivity contribution in [3.8, 4) is 0 Å². The Kier molecular flexibility index (Phi) is 5.67. The van der Waals surface area contributed by atoms with Gasteiger partial charge in [0.2, 0.25) is 5.91 Å². The highest BCUT2D eigenvalue weighted by atomic mass is 19.4. The highest BCUT2D eigenvalue weighted by Crippen LogP contribution is 2.38. The van der Waals surface area contributed by atoms with Crippen LogP contribution in [0.5, 0.6) is 0 Å². The first-order valence-electron chi connectivity index (χ1n) is 8.15. The van der Waals surface area contributed by atoms with Crippen molar-refractivity contribution in [3.63, 3.8) is 0 Å². The molecule has 27 heavy (non-hydrogen) atoms. The van der Waals surface area contributed by atoms with Gasteiger partial charge >= 0.3 is 18.2 Å². The lowest BCUT2D eigenvalue weighted by molar-refractivity contribution is -0.188. The van der Waals surface area contributed by atoms with Gasteiger partial charge < -0.3 is 20.6 Å².